The van der Waals surface area contributed by atoms with Crippen LogP contribution in [0.1, 0.15) is 0 Å². The normalized spacial score (nSPS) is 15.8. The Hall–Kier alpha value is -1.66. The lowest BCUT2D eigenvalue weighted by Gasteiger charge is -2.26. The first kappa shape index (κ1) is 14.7. The van der Waals surface area contributed by atoms with Crippen molar-refractivity contribution < 1.29 is 18.7 Å². The van der Waals surface area contributed by atoms with Gasteiger partial charge in [0.25, 0.3) is 5.91 Å². The molecule has 1 aliphatic heterocycles. The number of hydrogen-bond acceptors (Lipinski definition) is 4. The molecule has 0 atom stereocenters. The molecule has 1 saturated heterocycles. The monoisotopic (exact) mass is 282 g/mol. The number of amides is 1. The van der Waals surface area contributed by atoms with Crippen LogP contribution in [0.5, 0.6) is 5.75 Å². The molecule has 1 amide bonds. The van der Waals surface area contributed by atoms with E-state index >= 15 is 0 Å². The van der Waals surface area contributed by atoms with E-state index < -0.39 is 0 Å². The molecule has 0 radical (unpaired) electrons. The zero-order valence-corrected chi connectivity index (χ0v) is 11.3. The zero-order valence-electron chi connectivity index (χ0n) is 11.3. The van der Waals surface area contributed by atoms with Gasteiger partial charge in [0.1, 0.15) is 11.6 Å². The van der Waals surface area contributed by atoms with Gasteiger partial charge in [-0.2, -0.15) is 0 Å². The number of nitrogens with zero attached hydrogens (tertiary/aromatic N) is 1. The van der Waals surface area contributed by atoms with E-state index in [1.165, 1.54) is 24.3 Å². The Morgan fingerprint density at radius 1 is 1.30 bits per heavy atom. The summed E-state index contributed by atoms with van der Waals surface area (Å²) in [5.74, 6) is -0.0235. The number of carbonyl (C=O) groups is 1. The summed E-state index contributed by atoms with van der Waals surface area (Å²) in [5.41, 5.74) is 0. The molecule has 0 unspecified atom stereocenters. The zero-order chi connectivity index (χ0) is 14.2. The number of morpholine rings is 1. The third-order valence-electron chi connectivity index (χ3n) is 3.04. The average molecular weight is 282 g/mol. The summed E-state index contributed by atoms with van der Waals surface area (Å²) in [4.78, 5) is 13.8. The number of rotatable bonds is 6. The summed E-state index contributed by atoms with van der Waals surface area (Å²) in [6.45, 7) is 4.65. The summed E-state index contributed by atoms with van der Waals surface area (Å²) >= 11 is 0. The van der Waals surface area contributed by atoms with E-state index in [1.807, 2.05) is 0 Å². The van der Waals surface area contributed by atoms with Crippen molar-refractivity contribution in [2.24, 2.45) is 0 Å². The largest absolute Gasteiger partial charge is 0.484 e. The number of nitrogens with one attached hydrogen (secondary N) is 1. The van der Waals surface area contributed by atoms with E-state index in [0.717, 1.165) is 32.8 Å². The second kappa shape index (κ2) is 7.81. The maximum Gasteiger partial charge on any atom is 0.257 e. The van der Waals surface area contributed by atoms with Crippen LogP contribution in [0.2, 0.25) is 0 Å². The van der Waals surface area contributed by atoms with Gasteiger partial charge >= 0.3 is 0 Å². The van der Waals surface area contributed by atoms with E-state index in [9.17, 15) is 9.18 Å². The highest BCUT2D eigenvalue weighted by Gasteiger charge is 2.10. The number of benzene rings is 1. The van der Waals surface area contributed by atoms with Crippen molar-refractivity contribution in [2.45, 2.75) is 0 Å². The maximum absolute atomic E-state index is 12.7. The third-order valence-corrected chi connectivity index (χ3v) is 3.04. The number of hydrogen-bond donors (Lipinski definition) is 1. The van der Waals surface area contributed by atoms with Crippen LogP contribution in [-0.2, 0) is 9.53 Å². The van der Waals surface area contributed by atoms with Crippen molar-refractivity contribution >= 4 is 5.91 Å². The second-order valence-electron chi connectivity index (χ2n) is 4.55. The highest BCUT2D eigenvalue weighted by molar-refractivity contribution is 5.77. The Morgan fingerprint density at radius 3 is 2.70 bits per heavy atom. The lowest BCUT2D eigenvalue weighted by atomic mass is 10.3. The van der Waals surface area contributed by atoms with Crippen LogP contribution in [0.4, 0.5) is 4.39 Å². The van der Waals surface area contributed by atoms with Gasteiger partial charge in [-0.05, 0) is 24.3 Å². The van der Waals surface area contributed by atoms with Crippen molar-refractivity contribution in [2.75, 3.05) is 46.0 Å². The summed E-state index contributed by atoms with van der Waals surface area (Å²) in [7, 11) is 0. The predicted octanol–water partition coefficient (Wildman–Crippen LogP) is 0.653. The standard InChI is InChI=1S/C14H19FN2O3/c15-12-1-3-13(4-2-12)20-11-14(18)16-5-6-17-7-9-19-10-8-17/h1-4H,5-11H2,(H,16,18). The Bertz CT molecular complexity index is 419. The first-order valence-corrected chi connectivity index (χ1v) is 6.69. The highest BCUT2D eigenvalue weighted by atomic mass is 19.1. The van der Waals surface area contributed by atoms with Gasteiger partial charge in [-0.1, -0.05) is 0 Å². The fourth-order valence-electron chi connectivity index (χ4n) is 1.91. The highest BCUT2D eigenvalue weighted by Crippen LogP contribution is 2.10. The summed E-state index contributed by atoms with van der Waals surface area (Å²) < 4.78 is 23.2. The van der Waals surface area contributed by atoms with Crippen LogP contribution >= 0.6 is 0 Å². The van der Waals surface area contributed by atoms with Crippen molar-refractivity contribution in [3.05, 3.63) is 30.1 Å². The fourth-order valence-corrected chi connectivity index (χ4v) is 1.91. The van der Waals surface area contributed by atoms with Crippen LogP contribution in [0.25, 0.3) is 0 Å². The van der Waals surface area contributed by atoms with Crippen molar-refractivity contribution in [1.29, 1.82) is 0 Å². The van der Waals surface area contributed by atoms with Crippen molar-refractivity contribution in [3.63, 3.8) is 0 Å². The molecule has 1 aromatic carbocycles. The smallest absolute Gasteiger partial charge is 0.257 e. The van der Waals surface area contributed by atoms with E-state index in [-0.39, 0.29) is 18.3 Å². The van der Waals surface area contributed by atoms with Gasteiger partial charge in [0, 0.05) is 26.2 Å². The summed E-state index contributed by atoms with van der Waals surface area (Å²) in [6, 6.07) is 5.59. The Labute approximate surface area is 117 Å². The fraction of sp³-hybridized carbons (Fsp3) is 0.500. The van der Waals surface area contributed by atoms with Gasteiger partial charge in [0.05, 0.1) is 13.2 Å². The molecule has 1 fully saturated rings. The van der Waals surface area contributed by atoms with Crippen LogP contribution in [0.15, 0.2) is 24.3 Å². The lowest BCUT2D eigenvalue weighted by molar-refractivity contribution is -0.123. The van der Waals surface area contributed by atoms with Crippen molar-refractivity contribution in [1.82, 2.24) is 10.2 Å². The second-order valence-corrected chi connectivity index (χ2v) is 4.55. The van der Waals surface area contributed by atoms with Gasteiger partial charge in [-0.15, -0.1) is 0 Å². The molecule has 0 spiro atoms. The topological polar surface area (TPSA) is 50.8 Å². The molecule has 110 valence electrons. The van der Waals surface area contributed by atoms with Gasteiger partial charge in [-0.25, -0.2) is 4.39 Å². The molecular formula is C14H19FN2O3. The van der Waals surface area contributed by atoms with Crippen LogP contribution in [0, 0.1) is 5.82 Å². The first-order valence-electron chi connectivity index (χ1n) is 6.69. The Morgan fingerprint density at radius 2 is 2.00 bits per heavy atom. The van der Waals surface area contributed by atoms with Gasteiger partial charge in [-0.3, -0.25) is 9.69 Å². The minimum absolute atomic E-state index is 0.0608. The van der Waals surface area contributed by atoms with E-state index in [4.69, 9.17) is 9.47 Å². The van der Waals surface area contributed by atoms with Crippen LogP contribution in [-0.4, -0.2) is 56.8 Å². The molecule has 0 aromatic heterocycles. The summed E-state index contributed by atoms with van der Waals surface area (Å²) in [5, 5.41) is 2.79. The van der Waals surface area contributed by atoms with E-state index in [1.54, 1.807) is 0 Å². The molecule has 5 nitrogen and oxygen atoms in total. The van der Waals surface area contributed by atoms with Crippen LogP contribution in [0.3, 0.4) is 0 Å². The van der Waals surface area contributed by atoms with Gasteiger partial charge < -0.3 is 14.8 Å². The molecule has 1 N–H and O–H groups in total. The average Bonchev–Trinajstić information content (AvgIpc) is 2.48. The predicted molar refractivity (Wildman–Crippen MR) is 72.2 cm³/mol. The molecule has 1 aromatic rings. The quantitative estimate of drug-likeness (QED) is 0.832. The lowest BCUT2D eigenvalue weighted by Crippen LogP contribution is -2.42. The SMILES string of the molecule is O=C(COc1ccc(F)cc1)NCCN1CCOCC1. The van der Waals surface area contributed by atoms with Crippen LogP contribution < -0.4 is 10.1 Å². The van der Waals surface area contributed by atoms with Crippen molar-refractivity contribution in [3.8, 4) is 5.75 Å². The molecular weight excluding hydrogens is 263 g/mol. The summed E-state index contributed by atoms with van der Waals surface area (Å²) in [6.07, 6.45) is 0. The molecule has 1 aliphatic rings. The first-order chi connectivity index (χ1) is 9.74. The number of halogens is 1. The molecule has 0 saturated carbocycles. The minimum atomic E-state index is -0.327. The molecule has 0 bridgehead atoms. The Kier molecular flexibility index (Phi) is 5.76. The molecule has 2 rings (SSSR count). The van der Waals surface area contributed by atoms with Gasteiger partial charge in [0.2, 0.25) is 0 Å². The molecule has 20 heavy (non-hydrogen) atoms. The van der Waals surface area contributed by atoms with E-state index in [2.05, 4.69) is 10.2 Å². The number of carbonyl (C=O) groups excluding carboxylic acids is 1. The molecule has 0 aliphatic carbocycles. The van der Waals surface area contributed by atoms with Gasteiger partial charge in [0.15, 0.2) is 6.61 Å². The Balaban J connectivity index is 1.59. The molecule has 6 heteroatoms. The minimum Gasteiger partial charge on any atom is -0.484 e. The number of ether oxygens (including phenoxy) is 2. The van der Waals surface area contributed by atoms with E-state index in [0.29, 0.717) is 12.3 Å². The third kappa shape index (κ3) is 5.14. The molecule has 1 heterocycles. The maximum atomic E-state index is 12.7.